The van der Waals surface area contributed by atoms with Gasteiger partial charge in [0, 0.05) is 6.04 Å². The molecule has 0 saturated heterocycles. The van der Waals surface area contributed by atoms with Crippen molar-refractivity contribution in [1.82, 2.24) is 5.32 Å². The average molecular weight is 225 g/mol. The Morgan fingerprint density at radius 2 is 2.06 bits per heavy atom. The first-order chi connectivity index (χ1) is 7.61. The molecule has 4 unspecified atom stereocenters. The molecule has 92 valence electrons. The van der Waals surface area contributed by atoms with Crippen LogP contribution in [0, 0.1) is 17.8 Å². The minimum Gasteiger partial charge on any atom is -0.468 e. The smallest absolute Gasteiger partial charge is 0.323 e. The summed E-state index contributed by atoms with van der Waals surface area (Å²) in [5.41, 5.74) is 0. The Labute approximate surface area is 97.9 Å². The molecule has 2 fully saturated rings. The largest absolute Gasteiger partial charge is 0.468 e. The van der Waals surface area contributed by atoms with Crippen LogP contribution in [-0.4, -0.2) is 25.2 Å². The predicted octanol–water partition coefficient (Wildman–Crippen LogP) is 1.96. The number of hydrogen-bond acceptors (Lipinski definition) is 3. The second kappa shape index (κ2) is 4.74. The number of carbonyl (C=O) groups excluding carboxylic acids is 1. The van der Waals surface area contributed by atoms with Gasteiger partial charge in [-0.3, -0.25) is 4.79 Å². The van der Waals surface area contributed by atoms with Crippen LogP contribution in [0.2, 0.25) is 0 Å². The summed E-state index contributed by atoms with van der Waals surface area (Å²) in [7, 11) is 1.47. The molecular formula is C13H23NO2. The third kappa shape index (κ3) is 2.24. The predicted molar refractivity (Wildman–Crippen MR) is 63.0 cm³/mol. The van der Waals surface area contributed by atoms with Gasteiger partial charge < -0.3 is 10.1 Å². The Kier molecular flexibility index (Phi) is 3.53. The van der Waals surface area contributed by atoms with Crippen molar-refractivity contribution in [3.8, 4) is 0 Å². The van der Waals surface area contributed by atoms with E-state index in [1.807, 2.05) is 0 Å². The Bertz CT molecular complexity index is 265. The summed E-state index contributed by atoms with van der Waals surface area (Å²) in [5, 5.41) is 3.52. The molecule has 0 radical (unpaired) electrons. The Hall–Kier alpha value is -0.570. The van der Waals surface area contributed by atoms with Crippen LogP contribution in [0.3, 0.4) is 0 Å². The fourth-order valence-electron chi connectivity index (χ4n) is 3.34. The standard InChI is InChI=1S/C13H23NO2/c1-8(2)12(13(15)16-3)14-11-7-9-4-5-10(11)6-9/h8-12,14H,4-7H2,1-3H3. The zero-order chi connectivity index (χ0) is 11.7. The number of carbonyl (C=O) groups is 1. The minimum absolute atomic E-state index is 0.113. The highest BCUT2D eigenvalue weighted by Crippen LogP contribution is 2.44. The summed E-state index contributed by atoms with van der Waals surface area (Å²) in [6, 6.07) is 0.416. The molecule has 2 saturated carbocycles. The van der Waals surface area contributed by atoms with Crippen LogP contribution in [0.25, 0.3) is 0 Å². The van der Waals surface area contributed by atoms with E-state index in [-0.39, 0.29) is 12.0 Å². The van der Waals surface area contributed by atoms with Gasteiger partial charge in [-0.2, -0.15) is 0 Å². The number of nitrogens with one attached hydrogen (secondary N) is 1. The van der Waals surface area contributed by atoms with Gasteiger partial charge in [-0.1, -0.05) is 20.3 Å². The Morgan fingerprint density at radius 1 is 1.31 bits per heavy atom. The first-order valence-corrected chi connectivity index (χ1v) is 6.45. The van der Waals surface area contributed by atoms with E-state index in [2.05, 4.69) is 19.2 Å². The van der Waals surface area contributed by atoms with Gasteiger partial charge in [0.1, 0.15) is 6.04 Å². The highest BCUT2D eigenvalue weighted by atomic mass is 16.5. The van der Waals surface area contributed by atoms with Crippen LogP contribution in [0.1, 0.15) is 39.5 Å². The Balaban J connectivity index is 1.93. The van der Waals surface area contributed by atoms with Crippen LogP contribution in [0.15, 0.2) is 0 Å². The summed E-state index contributed by atoms with van der Waals surface area (Å²) in [6.45, 7) is 4.14. The number of fused-ring (bicyclic) bond motifs is 2. The lowest BCUT2D eigenvalue weighted by molar-refractivity contribution is -0.144. The monoisotopic (exact) mass is 225 g/mol. The molecule has 2 bridgehead atoms. The second-order valence-corrected chi connectivity index (χ2v) is 5.69. The van der Waals surface area contributed by atoms with Crippen LogP contribution in [-0.2, 0) is 9.53 Å². The van der Waals surface area contributed by atoms with Crippen molar-refractivity contribution < 1.29 is 9.53 Å². The lowest BCUT2D eigenvalue weighted by Crippen LogP contribution is -2.48. The maximum atomic E-state index is 11.7. The van der Waals surface area contributed by atoms with Crippen molar-refractivity contribution in [2.45, 2.75) is 51.6 Å². The van der Waals surface area contributed by atoms with E-state index < -0.39 is 0 Å². The molecule has 0 heterocycles. The molecule has 0 aliphatic heterocycles. The van der Waals surface area contributed by atoms with Crippen molar-refractivity contribution >= 4 is 5.97 Å². The van der Waals surface area contributed by atoms with Crippen LogP contribution in [0.4, 0.5) is 0 Å². The van der Waals surface area contributed by atoms with Crippen molar-refractivity contribution in [1.29, 1.82) is 0 Å². The summed E-state index contributed by atoms with van der Waals surface area (Å²) in [5.74, 6) is 1.90. The molecule has 2 aliphatic carbocycles. The van der Waals surface area contributed by atoms with Crippen LogP contribution >= 0.6 is 0 Å². The number of hydrogen-bond donors (Lipinski definition) is 1. The third-order valence-corrected chi connectivity index (χ3v) is 4.25. The van der Waals surface area contributed by atoms with E-state index in [0.29, 0.717) is 12.0 Å². The molecule has 0 aromatic heterocycles. The van der Waals surface area contributed by atoms with E-state index >= 15 is 0 Å². The zero-order valence-electron chi connectivity index (χ0n) is 10.5. The van der Waals surface area contributed by atoms with E-state index in [4.69, 9.17) is 4.74 Å². The zero-order valence-corrected chi connectivity index (χ0v) is 10.5. The van der Waals surface area contributed by atoms with Crippen molar-refractivity contribution in [3.05, 3.63) is 0 Å². The van der Waals surface area contributed by atoms with Gasteiger partial charge in [0.15, 0.2) is 0 Å². The molecule has 3 heteroatoms. The molecule has 0 aromatic carbocycles. The fraction of sp³-hybridized carbons (Fsp3) is 0.923. The summed E-state index contributed by atoms with van der Waals surface area (Å²) >= 11 is 0. The lowest BCUT2D eigenvalue weighted by atomic mass is 9.93. The number of methoxy groups -OCH3 is 1. The first kappa shape index (κ1) is 11.9. The summed E-state index contributed by atoms with van der Waals surface area (Å²) < 4.78 is 4.86. The summed E-state index contributed by atoms with van der Waals surface area (Å²) in [6.07, 6.45) is 5.36. The van der Waals surface area contributed by atoms with Gasteiger partial charge >= 0.3 is 5.97 Å². The van der Waals surface area contributed by atoms with E-state index in [9.17, 15) is 4.79 Å². The molecule has 3 nitrogen and oxygen atoms in total. The SMILES string of the molecule is COC(=O)C(NC1CC2CCC1C2)C(C)C. The number of rotatable bonds is 4. The maximum Gasteiger partial charge on any atom is 0.323 e. The number of ether oxygens (including phenoxy) is 1. The van der Waals surface area contributed by atoms with Gasteiger partial charge in [-0.05, 0) is 37.0 Å². The molecule has 0 spiro atoms. The highest BCUT2D eigenvalue weighted by molar-refractivity contribution is 5.76. The third-order valence-electron chi connectivity index (χ3n) is 4.25. The Morgan fingerprint density at radius 3 is 2.50 bits per heavy atom. The molecular weight excluding hydrogens is 202 g/mol. The fourth-order valence-corrected chi connectivity index (χ4v) is 3.34. The van der Waals surface area contributed by atoms with E-state index in [1.54, 1.807) is 0 Å². The van der Waals surface area contributed by atoms with Gasteiger partial charge in [-0.25, -0.2) is 0 Å². The molecule has 16 heavy (non-hydrogen) atoms. The quantitative estimate of drug-likeness (QED) is 0.743. The van der Waals surface area contributed by atoms with Gasteiger partial charge in [0.25, 0.3) is 0 Å². The topological polar surface area (TPSA) is 38.3 Å². The van der Waals surface area contributed by atoms with Gasteiger partial charge in [0.05, 0.1) is 7.11 Å². The normalized spacial score (nSPS) is 34.4. The highest BCUT2D eigenvalue weighted by Gasteiger charge is 2.41. The van der Waals surface area contributed by atoms with Crippen LogP contribution < -0.4 is 5.32 Å². The molecule has 2 rings (SSSR count). The van der Waals surface area contributed by atoms with Gasteiger partial charge in [-0.15, -0.1) is 0 Å². The lowest BCUT2D eigenvalue weighted by Gasteiger charge is -2.29. The minimum atomic E-state index is -0.130. The number of esters is 1. The van der Waals surface area contributed by atoms with E-state index in [1.165, 1.54) is 32.8 Å². The van der Waals surface area contributed by atoms with Crippen molar-refractivity contribution in [3.63, 3.8) is 0 Å². The summed E-state index contributed by atoms with van der Waals surface area (Å²) in [4.78, 5) is 11.7. The molecule has 2 aliphatic rings. The van der Waals surface area contributed by atoms with Crippen molar-refractivity contribution in [2.75, 3.05) is 7.11 Å². The van der Waals surface area contributed by atoms with Crippen LogP contribution in [0.5, 0.6) is 0 Å². The maximum absolute atomic E-state index is 11.7. The molecule has 0 amide bonds. The first-order valence-electron chi connectivity index (χ1n) is 6.45. The van der Waals surface area contributed by atoms with E-state index in [0.717, 1.165) is 11.8 Å². The van der Waals surface area contributed by atoms with Crippen molar-refractivity contribution in [2.24, 2.45) is 17.8 Å². The molecule has 1 N–H and O–H groups in total. The molecule has 4 atom stereocenters. The molecule has 0 aromatic rings. The second-order valence-electron chi connectivity index (χ2n) is 5.69. The van der Waals surface area contributed by atoms with Gasteiger partial charge in [0.2, 0.25) is 0 Å². The average Bonchev–Trinajstić information content (AvgIpc) is 2.86.